The Morgan fingerprint density at radius 3 is 2.24 bits per heavy atom. The standard InChI is InChI=1S/C22H23F2N3O6S/c1-13(21(29)26-16-4-2-14(3-5-16)20(25)28)33-22(30)15-8-10-27(11-9-15)34(31,32)17-6-7-18(23)19(24)12-17/h2-7,12-13,15H,8-11H2,1H3,(H2,25,28)(H,26,29)/t13-/m0/s1. The Bertz CT molecular complexity index is 1200. The Hall–Kier alpha value is -3.38. The number of nitrogens with zero attached hydrogens (tertiary/aromatic N) is 1. The van der Waals surface area contributed by atoms with Gasteiger partial charge in [-0.15, -0.1) is 0 Å². The van der Waals surface area contributed by atoms with Gasteiger partial charge in [0.25, 0.3) is 5.91 Å². The number of nitrogens with two attached hydrogens (primary N) is 1. The Morgan fingerprint density at radius 2 is 1.68 bits per heavy atom. The number of hydrogen-bond acceptors (Lipinski definition) is 6. The number of primary amides is 1. The smallest absolute Gasteiger partial charge is 0.309 e. The molecule has 1 heterocycles. The average Bonchev–Trinajstić information content (AvgIpc) is 2.81. The van der Waals surface area contributed by atoms with E-state index in [1.807, 2.05) is 0 Å². The molecule has 1 aliphatic rings. The SMILES string of the molecule is C[C@H](OC(=O)C1CCN(S(=O)(=O)c2ccc(F)c(F)c2)CC1)C(=O)Nc1ccc(C(N)=O)cc1. The number of hydrogen-bond donors (Lipinski definition) is 2. The van der Waals surface area contributed by atoms with E-state index in [9.17, 15) is 31.6 Å². The molecule has 182 valence electrons. The molecule has 0 bridgehead atoms. The molecule has 9 nitrogen and oxygen atoms in total. The third-order valence-corrected chi connectivity index (χ3v) is 7.31. The van der Waals surface area contributed by atoms with Crippen molar-refractivity contribution in [2.45, 2.75) is 30.8 Å². The predicted molar refractivity (Wildman–Crippen MR) is 117 cm³/mol. The average molecular weight is 496 g/mol. The molecular formula is C22H23F2N3O6S. The first-order valence-electron chi connectivity index (χ1n) is 10.4. The fourth-order valence-corrected chi connectivity index (χ4v) is 4.89. The lowest BCUT2D eigenvalue weighted by molar-refractivity contribution is -0.158. The van der Waals surface area contributed by atoms with Crippen LogP contribution in [0.25, 0.3) is 0 Å². The molecule has 1 saturated heterocycles. The van der Waals surface area contributed by atoms with Gasteiger partial charge in [0.05, 0.1) is 10.8 Å². The van der Waals surface area contributed by atoms with Crippen LogP contribution < -0.4 is 11.1 Å². The molecule has 1 atom stereocenters. The van der Waals surface area contributed by atoms with Crippen molar-refractivity contribution in [1.29, 1.82) is 0 Å². The van der Waals surface area contributed by atoms with E-state index in [0.29, 0.717) is 11.8 Å². The van der Waals surface area contributed by atoms with Crippen LogP contribution in [0, 0.1) is 17.6 Å². The second kappa shape index (κ2) is 10.3. The van der Waals surface area contributed by atoms with E-state index in [1.165, 1.54) is 31.2 Å². The zero-order valence-electron chi connectivity index (χ0n) is 18.2. The summed E-state index contributed by atoms with van der Waals surface area (Å²) in [5.74, 6) is -4.88. The summed E-state index contributed by atoms with van der Waals surface area (Å²) in [5.41, 5.74) is 5.82. The van der Waals surface area contributed by atoms with Gasteiger partial charge in [0.15, 0.2) is 17.7 Å². The van der Waals surface area contributed by atoms with Crippen molar-refractivity contribution in [3.63, 3.8) is 0 Å². The highest BCUT2D eigenvalue weighted by atomic mass is 32.2. The van der Waals surface area contributed by atoms with Crippen LogP contribution in [-0.2, 0) is 24.3 Å². The lowest BCUT2D eigenvalue weighted by Crippen LogP contribution is -2.41. The number of halogens is 2. The van der Waals surface area contributed by atoms with Gasteiger partial charge in [-0.3, -0.25) is 14.4 Å². The first-order valence-corrected chi connectivity index (χ1v) is 11.8. The minimum atomic E-state index is -4.05. The highest BCUT2D eigenvalue weighted by Gasteiger charge is 2.34. The van der Waals surface area contributed by atoms with Gasteiger partial charge in [-0.1, -0.05) is 0 Å². The number of benzene rings is 2. The maximum atomic E-state index is 13.4. The summed E-state index contributed by atoms with van der Waals surface area (Å²) in [5, 5.41) is 2.56. The van der Waals surface area contributed by atoms with Gasteiger partial charge >= 0.3 is 5.97 Å². The molecule has 0 spiro atoms. The van der Waals surface area contributed by atoms with E-state index >= 15 is 0 Å². The number of nitrogens with one attached hydrogen (secondary N) is 1. The zero-order valence-corrected chi connectivity index (χ0v) is 19.0. The Labute approximate surface area is 194 Å². The number of sulfonamides is 1. The molecule has 3 rings (SSSR count). The zero-order chi connectivity index (χ0) is 25.0. The first-order chi connectivity index (χ1) is 16.0. The molecule has 3 N–H and O–H groups in total. The van der Waals surface area contributed by atoms with Crippen molar-refractivity contribution in [2.75, 3.05) is 18.4 Å². The molecule has 0 aromatic heterocycles. The number of ether oxygens (including phenoxy) is 1. The largest absolute Gasteiger partial charge is 0.452 e. The normalized spacial score (nSPS) is 16.0. The van der Waals surface area contributed by atoms with E-state index in [-0.39, 0.29) is 36.4 Å². The monoisotopic (exact) mass is 495 g/mol. The summed E-state index contributed by atoms with van der Waals surface area (Å²) in [7, 11) is -4.05. The third-order valence-electron chi connectivity index (χ3n) is 5.42. The molecule has 2 amide bonds. The summed E-state index contributed by atoms with van der Waals surface area (Å²) in [6.07, 6.45) is -0.831. The van der Waals surface area contributed by atoms with Crippen molar-refractivity contribution >= 4 is 33.5 Å². The van der Waals surface area contributed by atoms with Crippen LogP contribution in [0.4, 0.5) is 14.5 Å². The van der Waals surface area contributed by atoms with E-state index in [0.717, 1.165) is 16.4 Å². The van der Waals surface area contributed by atoms with Gasteiger partial charge < -0.3 is 15.8 Å². The van der Waals surface area contributed by atoms with Crippen molar-refractivity contribution in [3.05, 3.63) is 59.7 Å². The fourth-order valence-electron chi connectivity index (χ4n) is 3.40. The van der Waals surface area contributed by atoms with Gasteiger partial charge in [0.1, 0.15) is 0 Å². The molecule has 34 heavy (non-hydrogen) atoms. The minimum Gasteiger partial charge on any atom is -0.452 e. The maximum absolute atomic E-state index is 13.4. The Kier molecular flexibility index (Phi) is 7.62. The molecule has 1 aliphatic heterocycles. The number of piperidine rings is 1. The summed E-state index contributed by atoms with van der Waals surface area (Å²) < 4.78 is 58.2. The summed E-state index contributed by atoms with van der Waals surface area (Å²) >= 11 is 0. The molecule has 12 heteroatoms. The van der Waals surface area contributed by atoms with Gasteiger partial charge in [-0.25, -0.2) is 17.2 Å². The van der Waals surface area contributed by atoms with Gasteiger partial charge in [-0.2, -0.15) is 4.31 Å². The molecule has 0 saturated carbocycles. The maximum Gasteiger partial charge on any atom is 0.309 e. The van der Waals surface area contributed by atoms with Gasteiger partial charge in [-0.05, 0) is 62.2 Å². The van der Waals surface area contributed by atoms with E-state index in [2.05, 4.69) is 5.32 Å². The number of carbonyl (C=O) groups is 3. The second-order valence-corrected chi connectivity index (χ2v) is 9.70. The molecule has 1 fully saturated rings. The molecular weight excluding hydrogens is 472 g/mol. The van der Waals surface area contributed by atoms with Gasteiger partial charge in [0.2, 0.25) is 15.9 Å². The van der Waals surface area contributed by atoms with Crippen LogP contribution in [-0.4, -0.2) is 49.7 Å². The Morgan fingerprint density at radius 1 is 1.06 bits per heavy atom. The Balaban J connectivity index is 1.53. The lowest BCUT2D eigenvalue weighted by atomic mass is 9.98. The van der Waals surface area contributed by atoms with Crippen LogP contribution in [0.2, 0.25) is 0 Å². The molecule has 0 unspecified atom stereocenters. The topological polar surface area (TPSA) is 136 Å². The second-order valence-electron chi connectivity index (χ2n) is 7.76. The first kappa shape index (κ1) is 25.2. The number of amides is 2. The summed E-state index contributed by atoms with van der Waals surface area (Å²) in [6.45, 7) is 1.36. The highest BCUT2D eigenvalue weighted by molar-refractivity contribution is 7.89. The van der Waals surface area contributed by atoms with Crippen LogP contribution in [0.3, 0.4) is 0 Å². The van der Waals surface area contributed by atoms with Gasteiger partial charge in [0, 0.05) is 24.3 Å². The van der Waals surface area contributed by atoms with Crippen LogP contribution in [0.5, 0.6) is 0 Å². The molecule has 0 radical (unpaired) electrons. The minimum absolute atomic E-state index is 0.0200. The predicted octanol–water partition coefficient (Wildman–Crippen LogP) is 2.03. The quantitative estimate of drug-likeness (QED) is 0.564. The van der Waals surface area contributed by atoms with E-state index in [1.54, 1.807) is 0 Å². The molecule has 2 aromatic rings. The van der Waals surface area contributed by atoms with Crippen molar-refractivity contribution < 1.29 is 36.3 Å². The lowest BCUT2D eigenvalue weighted by Gasteiger charge is -2.30. The number of carbonyl (C=O) groups excluding carboxylic acids is 3. The van der Waals surface area contributed by atoms with E-state index < -0.39 is 51.5 Å². The van der Waals surface area contributed by atoms with Crippen molar-refractivity contribution in [1.82, 2.24) is 4.31 Å². The third kappa shape index (κ3) is 5.75. The van der Waals surface area contributed by atoms with Crippen LogP contribution >= 0.6 is 0 Å². The molecule has 0 aliphatic carbocycles. The van der Waals surface area contributed by atoms with Crippen LogP contribution in [0.1, 0.15) is 30.1 Å². The van der Waals surface area contributed by atoms with E-state index in [4.69, 9.17) is 10.5 Å². The van der Waals surface area contributed by atoms with Crippen LogP contribution in [0.15, 0.2) is 47.4 Å². The summed E-state index contributed by atoms with van der Waals surface area (Å²) in [6, 6.07) is 8.19. The number of esters is 1. The highest BCUT2D eigenvalue weighted by Crippen LogP contribution is 2.26. The fraction of sp³-hybridized carbons (Fsp3) is 0.318. The van der Waals surface area contributed by atoms with Crippen molar-refractivity contribution in [3.8, 4) is 0 Å². The summed E-state index contributed by atoms with van der Waals surface area (Å²) in [4.78, 5) is 35.5. The van der Waals surface area contributed by atoms with Crippen molar-refractivity contribution in [2.24, 2.45) is 11.7 Å². The molecule has 2 aromatic carbocycles. The number of rotatable bonds is 7. The number of anilines is 1.